The fourth-order valence-corrected chi connectivity index (χ4v) is 3.04. The van der Waals surface area contributed by atoms with E-state index >= 15 is 0 Å². The van der Waals surface area contributed by atoms with Crippen LogP contribution in [0, 0.1) is 0 Å². The Bertz CT molecular complexity index is 912. The Kier molecular flexibility index (Phi) is 6.11. The summed E-state index contributed by atoms with van der Waals surface area (Å²) in [5.41, 5.74) is 2.61. The quantitative estimate of drug-likeness (QED) is 0.449. The number of nitrogen functional groups attached to an aromatic ring is 1. The van der Waals surface area contributed by atoms with Crippen LogP contribution in [0.5, 0.6) is 0 Å². The van der Waals surface area contributed by atoms with Crippen molar-refractivity contribution in [3.63, 3.8) is 0 Å². The molecule has 3 rings (SSSR count). The van der Waals surface area contributed by atoms with E-state index < -0.39 is 11.9 Å². The summed E-state index contributed by atoms with van der Waals surface area (Å²) < 4.78 is 1.37. The van der Waals surface area contributed by atoms with Crippen LogP contribution >= 0.6 is 11.8 Å². The van der Waals surface area contributed by atoms with Crippen molar-refractivity contribution in [2.75, 3.05) is 11.6 Å². The van der Waals surface area contributed by atoms with Crippen LogP contribution in [0.25, 0.3) is 11.3 Å². The van der Waals surface area contributed by atoms with Crippen LogP contribution < -0.4 is 16.5 Å². The topological polar surface area (TPSA) is 102 Å². The van der Waals surface area contributed by atoms with E-state index in [4.69, 9.17) is 5.84 Å². The molecule has 0 radical (unpaired) electrons. The number of rotatable bonds is 6. The molecule has 2 aromatic carbocycles. The van der Waals surface area contributed by atoms with Crippen molar-refractivity contribution >= 4 is 23.7 Å². The Morgan fingerprint density at radius 3 is 2.41 bits per heavy atom. The van der Waals surface area contributed by atoms with Gasteiger partial charge < -0.3 is 11.2 Å². The van der Waals surface area contributed by atoms with Gasteiger partial charge in [-0.1, -0.05) is 72.4 Å². The van der Waals surface area contributed by atoms with Crippen molar-refractivity contribution in [3.05, 3.63) is 72.4 Å². The molecular weight excluding hydrogens is 362 g/mol. The highest BCUT2D eigenvalue weighted by atomic mass is 32.2. The number of nitrogens with zero attached hydrogens (tertiary/aromatic N) is 2. The largest absolute Gasteiger partial charge is 0.337 e. The molecule has 0 unspecified atom stereocenters. The third-order valence-corrected chi connectivity index (χ3v) is 4.62. The Balaban J connectivity index is 1.48. The summed E-state index contributed by atoms with van der Waals surface area (Å²) in [5, 5.41) is 5.42. The second-order valence-corrected chi connectivity index (χ2v) is 6.63. The first-order valence-electron chi connectivity index (χ1n) is 8.26. The molecule has 138 valence electrons. The molecule has 0 spiro atoms. The van der Waals surface area contributed by atoms with Crippen molar-refractivity contribution < 1.29 is 9.59 Å². The lowest BCUT2D eigenvalue weighted by Crippen LogP contribution is -2.40. The van der Waals surface area contributed by atoms with E-state index in [1.807, 2.05) is 60.7 Å². The van der Waals surface area contributed by atoms with Crippen molar-refractivity contribution in [2.24, 2.45) is 0 Å². The molecule has 0 fully saturated rings. The van der Waals surface area contributed by atoms with Gasteiger partial charge in [-0.2, -0.15) is 0 Å². The maximum absolute atomic E-state index is 12.0. The number of hydrogen-bond acceptors (Lipinski definition) is 5. The van der Waals surface area contributed by atoms with Crippen LogP contribution in [0.3, 0.4) is 0 Å². The lowest BCUT2D eigenvalue weighted by Gasteiger charge is -2.06. The molecule has 27 heavy (non-hydrogen) atoms. The number of aromatic nitrogens is 2. The molecule has 0 atom stereocenters. The van der Waals surface area contributed by atoms with Gasteiger partial charge in [0.15, 0.2) is 5.16 Å². The van der Waals surface area contributed by atoms with Gasteiger partial charge in [-0.25, -0.2) is 14.5 Å². The van der Waals surface area contributed by atoms with Crippen LogP contribution in [-0.2, 0) is 11.3 Å². The van der Waals surface area contributed by atoms with Gasteiger partial charge in [0.1, 0.15) is 0 Å². The van der Waals surface area contributed by atoms with Crippen LogP contribution in [0.15, 0.2) is 72.0 Å². The van der Waals surface area contributed by atoms with E-state index in [9.17, 15) is 9.59 Å². The summed E-state index contributed by atoms with van der Waals surface area (Å²) in [7, 11) is 0. The van der Waals surface area contributed by atoms with E-state index in [0.29, 0.717) is 11.7 Å². The third kappa shape index (κ3) is 5.35. The summed E-state index contributed by atoms with van der Waals surface area (Å²) in [4.78, 5) is 28.2. The van der Waals surface area contributed by atoms with E-state index in [2.05, 4.69) is 15.6 Å². The number of hydrogen-bond donors (Lipinski definition) is 3. The molecule has 4 N–H and O–H groups in total. The average Bonchev–Trinajstić information content (AvgIpc) is 3.07. The first kappa shape index (κ1) is 18.5. The number of amides is 3. The molecule has 7 nitrogen and oxygen atoms in total. The minimum atomic E-state index is -0.537. The van der Waals surface area contributed by atoms with Gasteiger partial charge in [0, 0.05) is 12.1 Å². The summed E-state index contributed by atoms with van der Waals surface area (Å²) in [5.74, 6) is 5.51. The molecule has 0 bridgehead atoms. The van der Waals surface area contributed by atoms with Gasteiger partial charge in [-0.05, 0) is 5.56 Å². The highest BCUT2D eigenvalue weighted by Crippen LogP contribution is 2.22. The number of imidazole rings is 1. The van der Waals surface area contributed by atoms with Crippen molar-refractivity contribution in [2.45, 2.75) is 11.7 Å². The van der Waals surface area contributed by atoms with Crippen molar-refractivity contribution in [1.29, 1.82) is 0 Å². The first-order chi connectivity index (χ1) is 13.1. The normalized spacial score (nSPS) is 10.4. The first-order valence-corrected chi connectivity index (χ1v) is 9.24. The summed E-state index contributed by atoms with van der Waals surface area (Å²) in [6, 6.07) is 18.5. The Hall–Kier alpha value is -3.26. The summed E-state index contributed by atoms with van der Waals surface area (Å²) in [6.07, 6.45) is 1.70. The second kappa shape index (κ2) is 8.91. The van der Waals surface area contributed by atoms with Crippen LogP contribution in [0.2, 0.25) is 0 Å². The lowest BCUT2D eigenvalue weighted by molar-refractivity contribution is -0.117. The molecule has 0 saturated carbocycles. The van der Waals surface area contributed by atoms with Gasteiger partial charge in [-0.15, -0.1) is 0 Å². The molecule has 1 heterocycles. The number of benzene rings is 2. The molecule has 8 heteroatoms. The maximum Gasteiger partial charge on any atom is 0.321 e. The smallest absolute Gasteiger partial charge is 0.321 e. The number of carbonyl (C=O) groups excluding carboxylic acids is 2. The standard InChI is InChI=1S/C19H19N5O2S/c20-24-12-16(15-9-5-2-6-10-15)22-19(24)27-13-17(25)23-18(26)21-11-14-7-3-1-4-8-14/h1-10,12H,11,13,20H2,(H2,21,23,25,26). The summed E-state index contributed by atoms with van der Waals surface area (Å²) >= 11 is 1.16. The number of carbonyl (C=O) groups is 2. The van der Waals surface area contributed by atoms with E-state index in [1.165, 1.54) is 4.68 Å². The number of nitrogens with two attached hydrogens (primary N) is 1. The minimum absolute atomic E-state index is 0.0290. The van der Waals surface area contributed by atoms with Gasteiger partial charge >= 0.3 is 6.03 Å². The molecule has 3 amide bonds. The van der Waals surface area contributed by atoms with Gasteiger partial charge in [0.25, 0.3) is 0 Å². The van der Waals surface area contributed by atoms with E-state index in [0.717, 1.165) is 28.6 Å². The molecule has 1 aromatic heterocycles. The predicted octanol–water partition coefficient (Wildman–Crippen LogP) is 2.38. The fourth-order valence-electron chi connectivity index (χ4n) is 2.35. The zero-order chi connectivity index (χ0) is 19.1. The predicted molar refractivity (Wildman–Crippen MR) is 105 cm³/mol. The van der Waals surface area contributed by atoms with Crippen LogP contribution in [-0.4, -0.2) is 27.4 Å². The van der Waals surface area contributed by atoms with Crippen LogP contribution in [0.1, 0.15) is 5.56 Å². The van der Waals surface area contributed by atoms with Gasteiger partial charge in [-0.3, -0.25) is 10.1 Å². The Morgan fingerprint density at radius 2 is 1.70 bits per heavy atom. The van der Waals surface area contributed by atoms with Crippen molar-refractivity contribution in [3.8, 4) is 11.3 Å². The average molecular weight is 381 g/mol. The zero-order valence-corrected chi connectivity index (χ0v) is 15.3. The lowest BCUT2D eigenvalue weighted by atomic mass is 10.2. The number of thioether (sulfide) groups is 1. The zero-order valence-electron chi connectivity index (χ0n) is 14.5. The molecule has 3 aromatic rings. The van der Waals surface area contributed by atoms with E-state index in [-0.39, 0.29) is 5.75 Å². The molecule has 0 aliphatic heterocycles. The fraction of sp³-hybridized carbons (Fsp3) is 0.105. The number of nitrogens with one attached hydrogen (secondary N) is 2. The minimum Gasteiger partial charge on any atom is -0.337 e. The SMILES string of the molecule is Nn1cc(-c2ccccc2)nc1SCC(=O)NC(=O)NCc1ccccc1. The van der Waals surface area contributed by atoms with Crippen molar-refractivity contribution in [1.82, 2.24) is 20.3 Å². The molecule has 0 saturated heterocycles. The van der Waals surface area contributed by atoms with Gasteiger partial charge in [0.05, 0.1) is 17.6 Å². The Labute approximate surface area is 161 Å². The number of imide groups is 1. The summed E-state index contributed by atoms with van der Waals surface area (Å²) in [6.45, 7) is 0.348. The molecule has 0 aliphatic carbocycles. The highest BCUT2D eigenvalue weighted by Gasteiger charge is 2.12. The van der Waals surface area contributed by atoms with E-state index in [1.54, 1.807) is 6.20 Å². The van der Waals surface area contributed by atoms with Crippen LogP contribution in [0.4, 0.5) is 4.79 Å². The second-order valence-electron chi connectivity index (χ2n) is 5.69. The molecular formula is C19H19N5O2S. The Morgan fingerprint density at radius 1 is 1.04 bits per heavy atom. The molecule has 0 aliphatic rings. The third-order valence-electron chi connectivity index (χ3n) is 3.65. The maximum atomic E-state index is 12.0. The number of urea groups is 1. The van der Waals surface area contributed by atoms with Gasteiger partial charge in [0.2, 0.25) is 5.91 Å². The highest BCUT2D eigenvalue weighted by molar-refractivity contribution is 7.99. The monoisotopic (exact) mass is 381 g/mol.